The van der Waals surface area contributed by atoms with E-state index in [-0.39, 0.29) is 5.91 Å². The highest BCUT2D eigenvalue weighted by Crippen LogP contribution is 2.36. The van der Waals surface area contributed by atoms with Crippen LogP contribution in [0.1, 0.15) is 44.7 Å². The number of methoxy groups -OCH3 is 1. The first kappa shape index (κ1) is 16.8. The maximum absolute atomic E-state index is 12.8. The van der Waals surface area contributed by atoms with Crippen molar-refractivity contribution < 1.29 is 14.3 Å². The van der Waals surface area contributed by atoms with E-state index in [0.717, 1.165) is 22.9 Å². The lowest BCUT2D eigenvalue weighted by atomic mass is 9.90. The van der Waals surface area contributed by atoms with E-state index in [4.69, 9.17) is 4.74 Å². The number of carbonyl (C=O) groups excluding carboxylic acids is 2. The Labute approximate surface area is 155 Å². The molecule has 1 aliphatic rings. The molecule has 4 nitrogen and oxygen atoms in total. The molecule has 0 unspecified atom stereocenters. The van der Waals surface area contributed by atoms with Gasteiger partial charge in [-0.3, -0.25) is 4.79 Å². The molecule has 2 aromatic carbocycles. The highest BCUT2D eigenvalue weighted by molar-refractivity contribution is 7.23. The van der Waals surface area contributed by atoms with Crippen LogP contribution in [0.5, 0.6) is 0 Å². The minimum Gasteiger partial charge on any atom is -0.465 e. The molecule has 0 aliphatic heterocycles. The van der Waals surface area contributed by atoms with Crippen LogP contribution >= 0.6 is 11.3 Å². The number of nitrogens with one attached hydrogen (secondary N) is 1. The lowest BCUT2D eigenvalue weighted by Gasteiger charge is -2.16. The smallest absolute Gasteiger partial charge is 0.341 e. The third-order valence-electron chi connectivity index (χ3n) is 4.82. The molecular weight excluding hydrogens is 346 g/mol. The number of hydrogen-bond donors (Lipinski definition) is 1. The number of aryl methyl sites for hydroxylation is 2. The van der Waals surface area contributed by atoms with Crippen LogP contribution in [-0.2, 0) is 17.6 Å². The summed E-state index contributed by atoms with van der Waals surface area (Å²) in [5.41, 5.74) is 3.64. The van der Waals surface area contributed by atoms with Gasteiger partial charge in [0, 0.05) is 15.6 Å². The Balaban J connectivity index is 1.68. The van der Waals surface area contributed by atoms with Crippen molar-refractivity contribution in [3.8, 4) is 0 Å². The molecule has 0 saturated carbocycles. The molecule has 3 aromatic rings. The van der Waals surface area contributed by atoms with Gasteiger partial charge in [-0.15, -0.1) is 11.3 Å². The first-order chi connectivity index (χ1) is 12.7. The summed E-state index contributed by atoms with van der Waals surface area (Å²) in [5, 5.41) is 4.24. The molecule has 0 atom stereocenters. The number of ether oxygens (including phenoxy) is 1. The number of benzene rings is 2. The van der Waals surface area contributed by atoms with Crippen molar-refractivity contribution in [1.29, 1.82) is 0 Å². The van der Waals surface area contributed by atoms with Gasteiger partial charge >= 0.3 is 5.97 Å². The van der Waals surface area contributed by atoms with Crippen molar-refractivity contribution in [3.63, 3.8) is 0 Å². The molecule has 0 spiro atoms. The molecule has 1 N–H and O–H groups in total. The van der Waals surface area contributed by atoms with Crippen molar-refractivity contribution in [2.45, 2.75) is 25.7 Å². The van der Waals surface area contributed by atoms with E-state index in [1.165, 1.54) is 42.4 Å². The van der Waals surface area contributed by atoms with E-state index in [9.17, 15) is 9.59 Å². The van der Waals surface area contributed by atoms with Crippen molar-refractivity contribution in [1.82, 2.24) is 0 Å². The highest BCUT2D eigenvalue weighted by Gasteiger charge is 2.22. The van der Waals surface area contributed by atoms with E-state index >= 15 is 0 Å². The van der Waals surface area contributed by atoms with Gasteiger partial charge in [-0.2, -0.15) is 0 Å². The number of amides is 1. The van der Waals surface area contributed by atoms with Crippen LogP contribution in [0.4, 0.5) is 5.00 Å². The predicted octanol–water partition coefficient (Wildman–Crippen LogP) is 4.82. The van der Waals surface area contributed by atoms with Gasteiger partial charge in [0.1, 0.15) is 10.6 Å². The summed E-state index contributed by atoms with van der Waals surface area (Å²) in [6.45, 7) is 0. The third-order valence-corrected chi connectivity index (χ3v) is 5.91. The maximum Gasteiger partial charge on any atom is 0.341 e. The second-order valence-electron chi connectivity index (χ2n) is 6.44. The first-order valence-electron chi connectivity index (χ1n) is 8.70. The molecular formula is C21H19NO3S. The van der Waals surface area contributed by atoms with Gasteiger partial charge in [-0.05, 0) is 55.0 Å². The Morgan fingerprint density at radius 1 is 1.04 bits per heavy atom. The van der Waals surface area contributed by atoms with Crippen molar-refractivity contribution in [3.05, 3.63) is 64.7 Å². The normalized spacial score (nSPS) is 13.3. The molecule has 0 radical (unpaired) electrons. The zero-order valence-electron chi connectivity index (χ0n) is 14.5. The fourth-order valence-corrected chi connectivity index (χ4v) is 4.57. The van der Waals surface area contributed by atoms with E-state index in [1.807, 2.05) is 36.4 Å². The van der Waals surface area contributed by atoms with E-state index < -0.39 is 5.97 Å². The SMILES string of the molecule is COC(=O)c1c(NC(=O)c2ccc3c(c2)CCCC3)sc2ccccc12. The predicted molar refractivity (Wildman–Crippen MR) is 104 cm³/mol. The second kappa shape index (κ2) is 6.92. The number of carbonyl (C=O) groups is 2. The van der Waals surface area contributed by atoms with E-state index in [0.29, 0.717) is 16.1 Å². The maximum atomic E-state index is 12.8. The molecule has 26 heavy (non-hydrogen) atoms. The van der Waals surface area contributed by atoms with Gasteiger partial charge in [0.2, 0.25) is 0 Å². The topological polar surface area (TPSA) is 55.4 Å². The molecule has 4 rings (SSSR count). The minimum absolute atomic E-state index is 0.199. The van der Waals surface area contributed by atoms with Gasteiger partial charge in [-0.25, -0.2) is 4.79 Å². The van der Waals surface area contributed by atoms with Crippen LogP contribution in [0.2, 0.25) is 0 Å². The molecule has 1 heterocycles. The van der Waals surface area contributed by atoms with Gasteiger partial charge in [0.25, 0.3) is 5.91 Å². The Morgan fingerprint density at radius 2 is 1.81 bits per heavy atom. The van der Waals surface area contributed by atoms with Crippen LogP contribution in [-0.4, -0.2) is 19.0 Å². The Hall–Kier alpha value is -2.66. The highest BCUT2D eigenvalue weighted by atomic mass is 32.1. The van der Waals surface area contributed by atoms with Gasteiger partial charge in [-0.1, -0.05) is 24.3 Å². The Morgan fingerprint density at radius 3 is 2.62 bits per heavy atom. The van der Waals surface area contributed by atoms with Crippen LogP contribution in [0.25, 0.3) is 10.1 Å². The molecule has 1 aromatic heterocycles. The largest absolute Gasteiger partial charge is 0.465 e. The van der Waals surface area contributed by atoms with E-state index in [2.05, 4.69) is 11.4 Å². The summed E-state index contributed by atoms with van der Waals surface area (Å²) in [4.78, 5) is 25.0. The van der Waals surface area contributed by atoms with Crippen molar-refractivity contribution >= 4 is 38.3 Å². The standard InChI is InChI=1S/C21H19NO3S/c1-25-21(24)18-16-8-4-5-9-17(16)26-20(18)22-19(23)15-11-10-13-6-2-3-7-14(13)12-15/h4-5,8-12H,2-3,6-7H2,1H3,(H,22,23). The summed E-state index contributed by atoms with van der Waals surface area (Å²) < 4.78 is 5.86. The zero-order valence-corrected chi connectivity index (χ0v) is 15.3. The summed E-state index contributed by atoms with van der Waals surface area (Å²) in [5.74, 6) is -0.640. The Bertz CT molecular complexity index is 1010. The van der Waals surface area contributed by atoms with Crippen LogP contribution < -0.4 is 5.32 Å². The molecule has 132 valence electrons. The van der Waals surface area contributed by atoms with Crippen LogP contribution in [0, 0.1) is 0 Å². The number of thiophene rings is 1. The average molecular weight is 365 g/mol. The summed E-state index contributed by atoms with van der Waals surface area (Å²) in [7, 11) is 1.35. The quantitative estimate of drug-likeness (QED) is 0.677. The number of esters is 1. The van der Waals surface area contributed by atoms with Gasteiger partial charge in [0.05, 0.1) is 7.11 Å². The monoisotopic (exact) mass is 365 g/mol. The first-order valence-corrected chi connectivity index (χ1v) is 9.52. The Kier molecular flexibility index (Phi) is 4.47. The lowest BCUT2D eigenvalue weighted by Crippen LogP contribution is -2.15. The molecule has 0 fully saturated rings. The fraction of sp³-hybridized carbons (Fsp3) is 0.238. The average Bonchev–Trinajstić information content (AvgIpc) is 3.04. The summed E-state index contributed by atoms with van der Waals surface area (Å²) >= 11 is 1.39. The van der Waals surface area contributed by atoms with Crippen LogP contribution in [0.3, 0.4) is 0 Å². The van der Waals surface area contributed by atoms with Gasteiger partial charge < -0.3 is 10.1 Å². The third kappa shape index (κ3) is 2.99. The molecule has 1 amide bonds. The van der Waals surface area contributed by atoms with E-state index in [1.54, 1.807) is 0 Å². The molecule has 0 bridgehead atoms. The number of fused-ring (bicyclic) bond motifs is 2. The molecule has 0 saturated heterocycles. The molecule has 5 heteroatoms. The second-order valence-corrected chi connectivity index (χ2v) is 7.49. The lowest BCUT2D eigenvalue weighted by molar-refractivity contribution is 0.0604. The number of hydrogen-bond acceptors (Lipinski definition) is 4. The summed E-state index contributed by atoms with van der Waals surface area (Å²) in [6.07, 6.45) is 4.48. The molecule has 1 aliphatic carbocycles. The van der Waals surface area contributed by atoms with Gasteiger partial charge in [0.15, 0.2) is 0 Å². The van der Waals surface area contributed by atoms with Crippen molar-refractivity contribution in [2.24, 2.45) is 0 Å². The zero-order chi connectivity index (χ0) is 18.1. The summed E-state index contributed by atoms with van der Waals surface area (Å²) in [6, 6.07) is 13.5. The fourth-order valence-electron chi connectivity index (χ4n) is 3.49. The minimum atomic E-state index is -0.441. The van der Waals surface area contributed by atoms with Crippen molar-refractivity contribution in [2.75, 3.05) is 12.4 Å². The number of anilines is 1. The number of rotatable bonds is 3. The van der Waals surface area contributed by atoms with Crippen LogP contribution in [0.15, 0.2) is 42.5 Å².